The van der Waals surface area contributed by atoms with Crippen LogP contribution in [0, 0.1) is 0 Å². The summed E-state index contributed by atoms with van der Waals surface area (Å²) in [6.07, 6.45) is 1.44. The molecule has 0 atom stereocenters. The van der Waals surface area contributed by atoms with Crippen LogP contribution >= 0.6 is 0 Å². The van der Waals surface area contributed by atoms with Crippen molar-refractivity contribution in [3.63, 3.8) is 0 Å². The monoisotopic (exact) mass is 248 g/mol. The zero-order valence-corrected chi connectivity index (χ0v) is 10.2. The zero-order valence-electron chi connectivity index (χ0n) is 10.2. The Balaban J connectivity index is 2.12. The molecule has 3 rings (SSSR count). The molecule has 3 heteroatoms. The summed E-state index contributed by atoms with van der Waals surface area (Å²) in [5.74, 6) is 0.697. The largest absolute Gasteiger partial charge is 0.504 e. The topological polar surface area (TPSA) is 46.0 Å². The van der Waals surface area contributed by atoms with Crippen LogP contribution in [0.5, 0.6) is 5.75 Å². The molecule has 3 nitrogen and oxygen atoms in total. The van der Waals surface area contributed by atoms with Crippen molar-refractivity contribution in [1.29, 1.82) is 0 Å². The summed E-state index contributed by atoms with van der Waals surface area (Å²) >= 11 is 0. The maximum absolute atomic E-state index is 9.91. The Morgan fingerprint density at radius 3 is 1.95 bits per heavy atom. The van der Waals surface area contributed by atoms with Crippen LogP contribution in [0.2, 0.25) is 0 Å². The Labute approximate surface area is 111 Å². The van der Waals surface area contributed by atoms with Crippen molar-refractivity contribution >= 4 is 0 Å². The molecule has 0 radical (unpaired) electrons. The highest BCUT2D eigenvalue weighted by molar-refractivity contribution is 5.68. The Kier molecular flexibility index (Phi) is 2.94. The van der Waals surface area contributed by atoms with E-state index in [0.717, 1.165) is 11.1 Å². The fourth-order valence-electron chi connectivity index (χ4n) is 1.91. The van der Waals surface area contributed by atoms with Gasteiger partial charge in [-0.1, -0.05) is 60.7 Å². The van der Waals surface area contributed by atoms with Gasteiger partial charge in [0, 0.05) is 11.1 Å². The Morgan fingerprint density at radius 2 is 1.32 bits per heavy atom. The molecule has 1 N–H and O–H groups in total. The summed E-state index contributed by atoms with van der Waals surface area (Å²) in [6, 6.07) is 19.3. The van der Waals surface area contributed by atoms with Crippen LogP contribution in [0.4, 0.5) is 0 Å². The third-order valence-corrected chi connectivity index (χ3v) is 2.85. The molecule has 0 aliphatic carbocycles. The van der Waals surface area contributed by atoms with Gasteiger partial charge in [-0.3, -0.25) is 0 Å². The van der Waals surface area contributed by atoms with Gasteiger partial charge in [0.05, 0.1) is 6.20 Å². The molecule has 0 unspecified atom stereocenters. The maximum Gasteiger partial charge on any atom is 0.160 e. The third-order valence-electron chi connectivity index (χ3n) is 2.85. The zero-order chi connectivity index (χ0) is 13.1. The second-order valence-corrected chi connectivity index (χ2v) is 4.16. The fraction of sp³-hybridized carbons (Fsp3) is 0. The van der Waals surface area contributed by atoms with Gasteiger partial charge in [0.1, 0.15) is 5.69 Å². The summed E-state index contributed by atoms with van der Waals surface area (Å²) in [4.78, 5) is 8.63. The van der Waals surface area contributed by atoms with Crippen LogP contribution in [-0.2, 0) is 0 Å². The van der Waals surface area contributed by atoms with E-state index in [4.69, 9.17) is 0 Å². The Hall–Kier alpha value is -2.68. The van der Waals surface area contributed by atoms with Gasteiger partial charge in [0.15, 0.2) is 11.6 Å². The number of rotatable bonds is 2. The van der Waals surface area contributed by atoms with Crippen LogP contribution in [0.3, 0.4) is 0 Å². The number of hydrogen-bond acceptors (Lipinski definition) is 3. The van der Waals surface area contributed by atoms with Crippen molar-refractivity contribution in [2.75, 3.05) is 0 Å². The van der Waals surface area contributed by atoms with Gasteiger partial charge in [-0.25, -0.2) is 9.97 Å². The van der Waals surface area contributed by atoms with Crippen molar-refractivity contribution < 1.29 is 5.11 Å². The molecule has 0 bridgehead atoms. The molecule has 92 valence electrons. The lowest BCUT2D eigenvalue weighted by Gasteiger charge is -2.06. The molecule has 0 spiro atoms. The van der Waals surface area contributed by atoms with Crippen LogP contribution in [0.15, 0.2) is 66.9 Å². The molecule has 19 heavy (non-hydrogen) atoms. The van der Waals surface area contributed by atoms with E-state index in [1.165, 1.54) is 6.20 Å². The van der Waals surface area contributed by atoms with Crippen LogP contribution in [0.1, 0.15) is 0 Å². The molecule has 0 amide bonds. The van der Waals surface area contributed by atoms with Crippen LogP contribution < -0.4 is 0 Å². The van der Waals surface area contributed by atoms with E-state index in [1.54, 1.807) is 0 Å². The number of aromatic hydroxyl groups is 1. The van der Waals surface area contributed by atoms with Crippen molar-refractivity contribution in [3.8, 4) is 28.4 Å². The summed E-state index contributed by atoms with van der Waals surface area (Å²) in [7, 11) is 0. The molecule has 3 aromatic rings. The SMILES string of the molecule is Oc1cnc(-c2ccccc2)nc1-c1ccccc1. The van der Waals surface area contributed by atoms with Gasteiger partial charge in [-0.15, -0.1) is 0 Å². The number of benzene rings is 2. The normalized spacial score (nSPS) is 10.3. The molecule has 0 saturated carbocycles. The minimum absolute atomic E-state index is 0.0888. The molecule has 0 aliphatic rings. The first-order valence-corrected chi connectivity index (χ1v) is 6.01. The molecular weight excluding hydrogens is 236 g/mol. The lowest BCUT2D eigenvalue weighted by molar-refractivity contribution is 0.472. The van der Waals surface area contributed by atoms with Crippen molar-refractivity contribution in [1.82, 2.24) is 9.97 Å². The van der Waals surface area contributed by atoms with Gasteiger partial charge >= 0.3 is 0 Å². The van der Waals surface area contributed by atoms with E-state index < -0.39 is 0 Å². The van der Waals surface area contributed by atoms with Crippen molar-refractivity contribution in [2.24, 2.45) is 0 Å². The number of nitrogens with zero attached hydrogens (tertiary/aromatic N) is 2. The predicted octanol–water partition coefficient (Wildman–Crippen LogP) is 3.52. The standard InChI is InChI=1S/C16H12N2O/c19-14-11-17-16(13-9-5-2-6-10-13)18-15(14)12-7-3-1-4-8-12/h1-11,19H. The van der Waals surface area contributed by atoms with E-state index in [1.807, 2.05) is 60.7 Å². The fourth-order valence-corrected chi connectivity index (χ4v) is 1.91. The second-order valence-electron chi connectivity index (χ2n) is 4.16. The molecular formula is C16H12N2O. The lowest BCUT2D eigenvalue weighted by Crippen LogP contribution is -1.92. The molecule has 0 aliphatic heterocycles. The van der Waals surface area contributed by atoms with E-state index in [0.29, 0.717) is 11.5 Å². The average molecular weight is 248 g/mol. The average Bonchev–Trinajstić information content (AvgIpc) is 2.49. The Morgan fingerprint density at radius 1 is 0.737 bits per heavy atom. The summed E-state index contributed by atoms with van der Waals surface area (Å²) in [5.41, 5.74) is 2.36. The smallest absolute Gasteiger partial charge is 0.160 e. The van der Waals surface area contributed by atoms with E-state index >= 15 is 0 Å². The lowest BCUT2D eigenvalue weighted by atomic mass is 10.1. The van der Waals surface area contributed by atoms with Gasteiger partial charge in [0.25, 0.3) is 0 Å². The molecule has 0 fully saturated rings. The third kappa shape index (κ3) is 2.31. The predicted molar refractivity (Wildman–Crippen MR) is 74.6 cm³/mol. The van der Waals surface area contributed by atoms with Crippen molar-refractivity contribution in [3.05, 3.63) is 66.9 Å². The minimum atomic E-state index is 0.0888. The quantitative estimate of drug-likeness (QED) is 0.754. The van der Waals surface area contributed by atoms with Gasteiger partial charge in [-0.2, -0.15) is 0 Å². The minimum Gasteiger partial charge on any atom is -0.504 e. The van der Waals surface area contributed by atoms with Gasteiger partial charge < -0.3 is 5.11 Å². The molecule has 2 aromatic carbocycles. The maximum atomic E-state index is 9.91. The van der Waals surface area contributed by atoms with E-state index in [9.17, 15) is 5.11 Å². The van der Waals surface area contributed by atoms with E-state index in [2.05, 4.69) is 9.97 Å². The number of hydrogen-bond donors (Lipinski definition) is 1. The molecule has 1 aromatic heterocycles. The van der Waals surface area contributed by atoms with E-state index in [-0.39, 0.29) is 5.75 Å². The van der Waals surface area contributed by atoms with Gasteiger partial charge in [-0.05, 0) is 0 Å². The first kappa shape index (κ1) is 11.4. The van der Waals surface area contributed by atoms with Crippen molar-refractivity contribution in [2.45, 2.75) is 0 Å². The van der Waals surface area contributed by atoms with Crippen LogP contribution in [-0.4, -0.2) is 15.1 Å². The first-order valence-electron chi connectivity index (χ1n) is 6.01. The molecule has 1 heterocycles. The second kappa shape index (κ2) is 4.90. The summed E-state index contributed by atoms with van der Waals surface area (Å²) < 4.78 is 0. The number of aromatic nitrogens is 2. The van der Waals surface area contributed by atoms with Gasteiger partial charge in [0.2, 0.25) is 0 Å². The highest BCUT2D eigenvalue weighted by Gasteiger charge is 2.09. The Bertz CT molecular complexity index is 682. The highest BCUT2D eigenvalue weighted by Crippen LogP contribution is 2.28. The summed E-state index contributed by atoms with van der Waals surface area (Å²) in [6.45, 7) is 0. The highest BCUT2D eigenvalue weighted by atomic mass is 16.3. The van der Waals surface area contributed by atoms with Crippen LogP contribution in [0.25, 0.3) is 22.6 Å². The summed E-state index contributed by atoms with van der Waals surface area (Å²) in [5, 5.41) is 9.91. The first-order chi connectivity index (χ1) is 9.34. The molecule has 0 saturated heterocycles.